The Labute approximate surface area is 99.1 Å². The molecule has 0 atom stereocenters. The van der Waals surface area contributed by atoms with Crippen molar-refractivity contribution in [2.45, 2.75) is 6.36 Å². The van der Waals surface area contributed by atoms with E-state index < -0.39 is 12.4 Å². The first kappa shape index (κ1) is 12.3. The van der Waals surface area contributed by atoms with Gasteiger partial charge in [0.1, 0.15) is 5.75 Å². The number of rotatable bonds is 2. The SMILES string of the molecule is Fc1ncc(-c2ccccc2OC(F)(F)F)cn1. The fourth-order valence-electron chi connectivity index (χ4n) is 1.37. The lowest BCUT2D eigenvalue weighted by molar-refractivity contribution is -0.274. The van der Waals surface area contributed by atoms with Gasteiger partial charge in [0.2, 0.25) is 0 Å². The second-order valence-corrected chi connectivity index (χ2v) is 3.28. The van der Waals surface area contributed by atoms with Gasteiger partial charge in [0.25, 0.3) is 0 Å². The monoisotopic (exact) mass is 258 g/mol. The molecular weight excluding hydrogens is 252 g/mol. The van der Waals surface area contributed by atoms with Gasteiger partial charge in [0.15, 0.2) is 0 Å². The predicted octanol–water partition coefficient (Wildman–Crippen LogP) is 3.18. The molecule has 1 aromatic carbocycles. The number of benzene rings is 1. The Kier molecular flexibility index (Phi) is 3.14. The molecule has 3 nitrogen and oxygen atoms in total. The molecule has 18 heavy (non-hydrogen) atoms. The van der Waals surface area contributed by atoms with Crippen molar-refractivity contribution in [1.82, 2.24) is 9.97 Å². The highest BCUT2D eigenvalue weighted by molar-refractivity contribution is 5.68. The molecule has 0 unspecified atom stereocenters. The molecule has 94 valence electrons. The minimum Gasteiger partial charge on any atom is -0.405 e. The summed E-state index contributed by atoms with van der Waals surface area (Å²) in [5.41, 5.74) is 0.367. The van der Waals surface area contributed by atoms with Gasteiger partial charge in [-0.1, -0.05) is 18.2 Å². The van der Waals surface area contributed by atoms with Crippen molar-refractivity contribution in [2.24, 2.45) is 0 Å². The van der Waals surface area contributed by atoms with Crippen molar-refractivity contribution in [3.8, 4) is 16.9 Å². The Balaban J connectivity index is 2.41. The summed E-state index contributed by atoms with van der Waals surface area (Å²) < 4.78 is 53.0. The van der Waals surface area contributed by atoms with E-state index in [1.54, 1.807) is 0 Å². The molecule has 0 aliphatic rings. The van der Waals surface area contributed by atoms with Crippen LogP contribution < -0.4 is 4.74 Å². The van der Waals surface area contributed by atoms with E-state index in [1.807, 2.05) is 0 Å². The Morgan fingerprint density at radius 2 is 1.61 bits per heavy atom. The fraction of sp³-hybridized carbons (Fsp3) is 0.0909. The molecule has 0 radical (unpaired) electrons. The lowest BCUT2D eigenvalue weighted by Gasteiger charge is -2.12. The molecule has 1 heterocycles. The predicted molar refractivity (Wildman–Crippen MR) is 54.1 cm³/mol. The van der Waals surface area contributed by atoms with Gasteiger partial charge in [-0.25, -0.2) is 9.97 Å². The maximum Gasteiger partial charge on any atom is 0.573 e. The Morgan fingerprint density at radius 1 is 1.00 bits per heavy atom. The van der Waals surface area contributed by atoms with Crippen LogP contribution in [0, 0.1) is 6.08 Å². The largest absolute Gasteiger partial charge is 0.573 e. The van der Waals surface area contributed by atoms with E-state index in [9.17, 15) is 17.6 Å². The Hall–Kier alpha value is -2.18. The molecule has 0 N–H and O–H groups in total. The number of hydrogen-bond acceptors (Lipinski definition) is 3. The summed E-state index contributed by atoms with van der Waals surface area (Å²) >= 11 is 0. The first-order valence-electron chi connectivity index (χ1n) is 4.78. The second kappa shape index (κ2) is 4.59. The highest BCUT2D eigenvalue weighted by Gasteiger charge is 2.32. The number of nitrogens with zero attached hydrogens (tertiary/aromatic N) is 2. The van der Waals surface area contributed by atoms with E-state index in [4.69, 9.17) is 0 Å². The maximum atomic E-state index is 12.5. The van der Waals surface area contributed by atoms with Gasteiger partial charge in [-0.05, 0) is 6.07 Å². The number of ether oxygens (including phenoxy) is 1. The molecule has 2 rings (SSSR count). The quantitative estimate of drug-likeness (QED) is 0.613. The minimum absolute atomic E-state index is 0.134. The average molecular weight is 258 g/mol. The third-order valence-corrected chi connectivity index (χ3v) is 2.04. The number of alkyl halides is 3. The zero-order valence-corrected chi connectivity index (χ0v) is 8.78. The van der Waals surface area contributed by atoms with Gasteiger partial charge in [0, 0.05) is 23.5 Å². The van der Waals surface area contributed by atoms with Crippen LogP contribution in [-0.4, -0.2) is 16.3 Å². The van der Waals surface area contributed by atoms with E-state index in [2.05, 4.69) is 14.7 Å². The third kappa shape index (κ3) is 2.93. The van der Waals surface area contributed by atoms with Crippen LogP contribution in [0.15, 0.2) is 36.7 Å². The van der Waals surface area contributed by atoms with Gasteiger partial charge >= 0.3 is 12.4 Å². The van der Waals surface area contributed by atoms with Crippen LogP contribution >= 0.6 is 0 Å². The van der Waals surface area contributed by atoms with E-state index >= 15 is 0 Å². The van der Waals surface area contributed by atoms with Crippen molar-refractivity contribution >= 4 is 0 Å². The van der Waals surface area contributed by atoms with Gasteiger partial charge in [-0.2, -0.15) is 4.39 Å². The summed E-state index contributed by atoms with van der Waals surface area (Å²) in [5, 5.41) is 0. The van der Waals surface area contributed by atoms with Crippen LogP contribution in [-0.2, 0) is 0 Å². The highest BCUT2D eigenvalue weighted by atomic mass is 19.4. The van der Waals surface area contributed by atoms with Crippen LogP contribution in [0.5, 0.6) is 5.75 Å². The van der Waals surface area contributed by atoms with E-state index in [0.717, 1.165) is 18.5 Å². The van der Waals surface area contributed by atoms with Crippen molar-refractivity contribution in [3.05, 3.63) is 42.7 Å². The Bertz CT molecular complexity index is 539. The summed E-state index contributed by atoms with van der Waals surface area (Å²) in [5.74, 6) is -0.389. The molecule has 0 aliphatic heterocycles. The van der Waals surface area contributed by atoms with Gasteiger partial charge in [0.05, 0.1) is 0 Å². The summed E-state index contributed by atoms with van der Waals surface area (Å²) in [6.45, 7) is 0. The van der Waals surface area contributed by atoms with Crippen molar-refractivity contribution in [1.29, 1.82) is 0 Å². The summed E-state index contributed by atoms with van der Waals surface area (Å²) in [4.78, 5) is 6.56. The molecule has 0 bridgehead atoms. The molecule has 0 amide bonds. The third-order valence-electron chi connectivity index (χ3n) is 2.04. The number of para-hydroxylation sites is 1. The smallest absolute Gasteiger partial charge is 0.405 e. The fourth-order valence-corrected chi connectivity index (χ4v) is 1.37. The minimum atomic E-state index is -4.79. The molecule has 0 fully saturated rings. The first-order chi connectivity index (χ1) is 8.46. The van der Waals surface area contributed by atoms with E-state index in [0.29, 0.717) is 0 Å². The van der Waals surface area contributed by atoms with Crippen LogP contribution in [0.4, 0.5) is 17.6 Å². The molecular formula is C11H6F4N2O. The number of hydrogen-bond donors (Lipinski definition) is 0. The van der Waals surface area contributed by atoms with E-state index in [1.165, 1.54) is 18.2 Å². The number of halogens is 4. The van der Waals surface area contributed by atoms with Crippen molar-refractivity contribution in [2.75, 3.05) is 0 Å². The molecule has 0 saturated carbocycles. The summed E-state index contributed by atoms with van der Waals surface area (Å²) in [7, 11) is 0. The number of aromatic nitrogens is 2. The highest BCUT2D eigenvalue weighted by Crippen LogP contribution is 2.32. The standard InChI is InChI=1S/C11H6F4N2O/c12-10-16-5-7(6-17-10)8-3-1-2-4-9(8)18-11(13,14)15/h1-6H. The summed E-state index contributed by atoms with van der Waals surface area (Å²) in [6.07, 6.45) is -3.58. The molecule has 0 spiro atoms. The lowest BCUT2D eigenvalue weighted by atomic mass is 10.1. The van der Waals surface area contributed by atoms with Gasteiger partial charge < -0.3 is 4.74 Å². The molecule has 2 aromatic rings. The molecule has 7 heteroatoms. The summed E-state index contributed by atoms with van der Waals surface area (Å²) in [6, 6.07) is 5.49. The normalized spacial score (nSPS) is 11.3. The topological polar surface area (TPSA) is 35.0 Å². The van der Waals surface area contributed by atoms with E-state index in [-0.39, 0.29) is 16.9 Å². The van der Waals surface area contributed by atoms with Gasteiger partial charge in [-0.15, -0.1) is 13.2 Å². The van der Waals surface area contributed by atoms with Crippen LogP contribution in [0.1, 0.15) is 0 Å². The lowest BCUT2D eigenvalue weighted by Crippen LogP contribution is -2.17. The van der Waals surface area contributed by atoms with Crippen molar-refractivity contribution < 1.29 is 22.3 Å². The average Bonchev–Trinajstić information content (AvgIpc) is 2.29. The zero-order valence-electron chi connectivity index (χ0n) is 8.78. The molecule has 0 aliphatic carbocycles. The Morgan fingerprint density at radius 3 is 2.22 bits per heavy atom. The zero-order chi connectivity index (χ0) is 13.2. The first-order valence-corrected chi connectivity index (χ1v) is 4.78. The van der Waals surface area contributed by atoms with Crippen molar-refractivity contribution in [3.63, 3.8) is 0 Å². The van der Waals surface area contributed by atoms with Crippen LogP contribution in [0.2, 0.25) is 0 Å². The maximum absolute atomic E-state index is 12.5. The van der Waals surface area contributed by atoms with Gasteiger partial charge in [-0.3, -0.25) is 0 Å². The molecule has 0 saturated heterocycles. The molecule has 1 aromatic heterocycles. The van der Waals surface area contributed by atoms with Crippen LogP contribution in [0.25, 0.3) is 11.1 Å². The second-order valence-electron chi connectivity index (χ2n) is 3.28. The van der Waals surface area contributed by atoms with Crippen LogP contribution in [0.3, 0.4) is 0 Å².